The number of thiocarbonyl (C=S) groups is 1. The zero-order valence-corrected chi connectivity index (χ0v) is 15.3. The first-order chi connectivity index (χ1) is 12.9. The number of anilines is 1. The van der Waals surface area contributed by atoms with E-state index in [1.807, 2.05) is 0 Å². The quantitative estimate of drug-likeness (QED) is 0.404. The summed E-state index contributed by atoms with van der Waals surface area (Å²) in [6.45, 7) is 0. The van der Waals surface area contributed by atoms with Gasteiger partial charge in [-0.15, -0.1) is 0 Å². The number of hydrogen-bond donors (Lipinski definition) is 3. The van der Waals surface area contributed by atoms with E-state index in [1.165, 1.54) is 56.9 Å². The van der Waals surface area contributed by atoms with E-state index in [0.29, 0.717) is 11.3 Å². The van der Waals surface area contributed by atoms with Gasteiger partial charge in [0.25, 0.3) is 5.91 Å². The molecule has 0 aliphatic rings. The van der Waals surface area contributed by atoms with Gasteiger partial charge in [-0.1, -0.05) is 0 Å². The lowest BCUT2D eigenvalue weighted by atomic mass is 10.1. The van der Waals surface area contributed by atoms with Gasteiger partial charge in [0.1, 0.15) is 0 Å². The van der Waals surface area contributed by atoms with Crippen LogP contribution in [0.25, 0.3) is 0 Å². The van der Waals surface area contributed by atoms with Crippen LogP contribution in [-0.4, -0.2) is 42.2 Å². The van der Waals surface area contributed by atoms with Gasteiger partial charge >= 0.3 is 11.9 Å². The molecule has 10 heteroatoms. The number of ether oxygens (including phenoxy) is 2. The van der Waals surface area contributed by atoms with E-state index in [-0.39, 0.29) is 16.2 Å². The van der Waals surface area contributed by atoms with Crippen molar-refractivity contribution in [1.82, 2.24) is 15.8 Å². The van der Waals surface area contributed by atoms with Crippen LogP contribution in [-0.2, 0) is 9.47 Å². The number of hydrogen-bond acceptors (Lipinski definition) is 7. The molecule has 0 radical (unpaired) electrons. The van der Waals surface area contributed by atoms with Crippen molar-refractivity contribution in [2.45, 2.75) is 0 Å². The topological polar surface area (TPSA) is 119 Å². The number of carbonyl (C=O) groups is 3. The van der Waals surface area contributed by atoms with Gasteiger partial charge in [0.2, 0.25) is 0 Å². The van der Waals surface area contributed by atoms with Crippen LogP contribution < -0.4 is 16.2 Å². The van der Waals surface area contributed by atoms with Crippen LogP contribution in [0.4, 0.5) is 5.69 Å². The third kappa shape index (κ3) is 5.47. The molecule has 0 aliphatic heterocycles. The van der Waals surface area contributed by atoms with E-state index in [9.17, 15) is 14.4 Å². The van der Waals surface area contributed by atoms with Crippen molar-refractivity contribution in [2.24, 2.45) is 0 Å². The molecule has 1 aromatic carbocycles. The number of benzene rings is 1. The van der Waals surface area contributed by atoms with Crippen LogP contribution >= 0.6 is 12.2 Å². The number of rotatable bonds is 4. The summed E-state index contributed by atoms with van der Waals surface area (Å²) in [6, 6.07) is 7.30. The summed E-state index contributed by atoms with van der Waals surface area (Å²) in [6.07, 6.45) is 2.97. The van der Waals surface area contributed by atoms with E-state index in [4.69, 9.17) is 12.2 Å². The molecule has 0 bridgehead atoms. The molecule has 1 aromatic heterocycles. The second-order valence-corrected chi connectivity index (χ2v) is 5.46. The van der Waals surface area contributed by atoms with Gasteiger partial charge in [-0.25, -0.2) is 9.59 Å². The van der Waals surface area contributed by atoms with Gasteiger partial charge in [0.05, 0.1) is 25.3 Å². The molecule has 0 unspecified atom stereocenters. The van der Waals surface area contributed by atoms with Gasteiger partial charge in [-0.3, -0.25) is 20.6 Å². The Labute approximate surface area is 160 Å². The zero-order valence-electron chi connectivity index (χ0n) is 14.4. The monoisotopic (exact) mass is 388 g/mol. The second kappa shape index (κ2) is 9.25. The number of carbonyl (C=O) groups excluding carboxylic acids is 3. The van der Waals surface area contributed by atoms with Gasteiger partial charge in [0, 0.05) is 23.6 Å². The number of nitrogens with one attached hydrogen (secondary N) is 3. The highest BCUT2D eigenvalue weighted by Gasteiger charge is 2.14. The molecule has 140 valence electrons. The Kier molecular flexibility index (Phi) is 6.78. The van der Waals surface area contributed by atoms with E-state index in [1.54, 1.807) is 0 Å². The van der Waals surface area contributed by atoms with Crippen LogP contribution in [0, 0.1) is 0 Å². The predicted molar refractivity (Wildman–Crippen MR) is 100 cm³/mol. The van der Waals surface area contributed by atoms with Crippen LogP contribution in [0.5, 0.6) is 0 Å². The maximum absolute atomic E-state index is 12.0. The molecule has 0 spiro atoms. The number of nitrogens with zero attached hydrogens (tertiary/aromatic N) is 1. The summed E-state index contributed by atoms with van der Waals surface area (Å²) in [5.41, 5.74) is 5.91. The average molecular weight is 388 g/mol. The normalized spacial score (nSPS) is 9.70. The zero-order chi connectivity index (χ0) is 19.8. The highest BCUT2D eigenvalue weighted by molar-refractivity contribution is 7.80. The molecule has 9 nitrogen and oxygen atoms in total. The first-order valence-electron chi connectivity index (χ1n) is 7.53. The summed E-state index contributed by atoms with van der Waals surface area (Å²) >= 11 is 5.10. The van der Waals surface area contributed by atoms with Crippen LogP contribution in [0.15, 0.2) is 42.7 Å². The minimum atomic E-state index is -0.631. The van der Waals surface area contributed by atoms with Gasteiger partial charge in [0.15, 0.2) is 5.11 Å². The third-order valence-corrected chi connectivity index (χ3v) is 3.47. The Morgan fingerprint density at radius 3 is 1.96 bits per heavy atom. The number of hydrazine groups is 1. The van der Waals surface area contributed by atoms with Crippen molar-refractivity contribution in [3.63, 3.8) is 0 Å². The van der Waals surface area contributed by atoms with Gasteiger partial charge < -0.3 is 14.8 Å². The summed E-state index contributed by atoms with van der Waals surface area (Å²) in [4.78, 5) is 39.3. The lowest BCUT2D eigenvalue weighted by Gasteiger charge is -2.13. The molecule has 27 heavy (non-hydrogen) atoms. The number of aromatic nitrogens is 1. The van der Waals surface area contributed by atoms with Crippen molar-refractivity contribution >= 4 is 40.9 Å². The molecule has 0 aliphatic carbocycles. The Bertz CT molecular complexity index is 839. The number of amides is 1. The number of esters is 2. The van der Waals surface area contributed by atoms with Crippen LogP contribution in [0.3, 0.4) is 0 Å². The number of pyridine rings is 1. The van der Waals surface area contributed by atoms with Gasteiger partial charge in [-0.2, -0.15) is 0 Å². The molecule has 2 aromatic rings. The fraction of sp³-hybridized carbons (Fsp3) is 0.118. The Morgan fingerprint density at radius 2 is 1.44 bits per heavy atom. The van der Waals surface area contributed by atoms with Crippen LogP contribution in [0.2, 0.25) is 0 Å². The minimum Gasteiger partial charge on any atom is -0.465 e. The highest BCUT2D eigenvalue weighted by Crippen LogP contribution is 2.17. The third-order valence-electron chi connectivity index (χ3n) is 3.27. The predicted octanol–water partition coefficient (Wildman–Crippen LogP) is 1.29. The van der Waals surface area contributed by atoms with Crippen molar-refractivity contribution in [1.29, 1.82) is 0 Å². The molecule has 3 N–H and O–H groups in total. The second-order valence-electron chi connectivity index (χ2n) is 5.05. The largest absolute Gasteiger partial charge is 0.465 e. The SMILES string of the molecule is COC(=O)c1cc(NC(=S)NNC(=O)c2ccncc2)cc(C(=O)OC)c1. The van der Waals surface area contributed by atoms with Crippen molar-refractivity contribution in [3.8, 4) is 0 Å². The molecular formula is C17H16N4O5S. The Balaban J connectivity index is 2.08. The van der Waals surface area contributed by atoms with E-state index in [0.717, 1.165) is 0 Å². The van der Waals surface area contributed by atoms with Crippen molar-refractivity contribution in [3.05, 3.63) is 59.4 Å². The fourth-order valence-corrected chi connectivity index (χ4v) is 2.19. The van der Waals surface area contributed by atoms with Crippen LogP contribution in [0.1, 0.15) is 31.1 Å². The van der Waals surface area contributed by atoms with Crippen molar-refractivity contribution in [2.75, 3.05) is 19.5 Å². The first kappa shape index (κ1) is 19.8. The summed E-state index contributed by atoms with van der Waals surface area (Å²) in [5.74, 6) is -1.68. The standard InChI is InChI=1S/C17H16N4O5S/c1-25-15(23)11-7-12(16(24)26-2)9-13(8-11)19-17(27)21-20-14(22)10-3-5-18-6-4-10/h3-9H,1-2H3,(H,20,22)(H2,19,21,27). The molecule has 1 amide bonds. The minimum absolute atomic E-state index is 0.0373. The Hall–Kier alpha value is -3.53. The molecule has 1 heterocycles. The van der Waals surface area contributed by atoms with Gasteiger partial charge in [-0.05, 0) is 42.5 Å². The lowest BCUT2D eigenvalue weighted by Crippen LogP contribution is -2.43. The molecular weight excluding hydrogens is 372 g/mol. The van der Waals surface area contributed by atoms with E-state index >= 15 is 0 Å². The Morgan fingerprint density at radius 1 is 0.889 bits per heavy atom. The molecule has 0 fully saturated rings. The number of methoxy groups -OCH3 is 2. The summed E-state index contributed by atoms with van der Waals surface area (Å²) < 4.78 is 9.33. The molecule has 2 rings (SSSR count). The maximum Gasteiger partial charge on any atom is 0.337 e. The molecule has 0 atom stereocenters. The smallest absolute Gasteiger partial charge is 0.337 e. The van der Waals surface area contributed by atoms with E-state index < -0.39 is 17.8 Å². The molecule has 0 saturated carbocycles. The average Bonchev–Trinajstić information content (AvgIpc) is 2.71. The van der Waals surface area contributed by atoms with E-state index in [2.05, 4.69) is 30.6 Å². The summed E-state index contributed by atoms with van der Waals surface area (Å²) in [5, 5.41) is 2.80. The lowest BCUT2D eigenvalue weighted by molar-refractivity contribution is 0.0599. The first-order valence-corrected chi connectivity index (χ1v) is 7.94. The molecule has 0 saturated heterocycles. The van der Waals surface area contributed by atoms with Crippen molar-refractivity contribution < 1.29 is 23.9 Å². The fourth-order valence-electron chi connectivity index (χ4n) is 2.02. The highest BCUT2D eigenvalue weighted by atomic mass is 32.1. The summed E-state index contributed by atoms with van der Waals surface area (Å²) in [7, 11) is 2.45. The maximum atomic E-state index is 12.0.